The number of ether oxygens (including phenoxy) is 1. The number of hydrazine groups is 1. The van der Waals surface area contributed by atoms with Gasteiger partial charge < -0.3 is 4.74 Å². The predicted octanol–water partition coefficient (Wildman–Crippen LogP) is 0.855. The van der Waals surface area contributed by atoms with E-state index in [1.807, 2.05) is 25.3 Å². The lowest BCUT2D eigenvalue weighted by molar-refractivity contribution is -0.962. The van der Waals surface area contributed by atoms with Gasteiger partial charge in [0.1, 0.15) is 5.22 Å². The summed E-state index contributed by atoms with van der Waals surface area (Å²) in [6.45, 7) is 0. The zero-order chi connectivity index (χ0) is 17.6. The molecule has 0 spiro atoms. The zero-order valence-electron chi connectivity index (χ0n) is 15.3. The number of fused-ring (bicyclic) bond motifs is 3. The Morgan fingerprint density at radius 3 is 2.81 bits per heavy atom. The maximum Gasteiger partial charge on any atom is 0.335 e. The summed E-state index contributed by atoms with van der Waals surface area (Å²) < 4.78 is 5.81. The van der Waals surface area contributed by atoms with Crippen LogP contribution in [0.25, 0.3) is 11.9 Å². The lowest BCUT2D eigenvalue weighted by Gasteiger charge is -2.34. The van der Waals surface area contributed by atoms with Crippen molar-refractivity contribution in [2.75, 3.05) is 33.3 Å². The first-order valence-corrected chi connectivity index (χ1v) is 8.27. The average molecular weight is 377 g/mol. The number of nitrogens with one attached hydrogen (secondary N) is 1. The molecule has 3 heterocycles. The third-order valence-corrected chi connectivity index (χ3v) is 4.99. The molecule has 1 N–H and O–H groups in total. The molecule has 0 amide bonds. The van der Waals surface area contributed by atoms with Crippen LogP contribution in [0.5, 0.6) is 0 Å². The van der Waals surface area contributed by atoms with E-state index in [4.69, 9.17) is 9.57 Å². The van der Waals surface area contributed by atoms with E-state index in [-0.39, 0.29) is 17.1 Å². The summed E-state index contributed by atoms with van der Waals surface area (Å²) in [5.41, 5.74) is 6.56. The molecule has 0 saturated carbocycles. The molecule has 1 unspecified atom stereocenters. The Balaban J connectivity index is 0.00000196. The molecule has 8 heteroatoms. The average Bonchev–Trinajstić information content (AvgIpc) is 3.02. The van der Waals surface area contributed by atoms with E-state index in [9.17, 15) is 0 Å². The van der Waals surface area contributed by atoms with Crippen LogP contribution in [0.2, 0.25) is 0 Å². The maximum absolute atomic E-state index is 6.00. The highest BCUT2D eigenvalue weighted by molar-refractivity contribution is 5.85. The molecule has 0 fully saturated rings. The Morgan fingerprint density at radius 1 is 1.31 bits per heavy atom. The standard InChI is InChI=1S/C18H22N5O2.ClH/c1-19-22(2)18-16-13(10-20-21-18)11-23(25-4)15(24-3)9-12-7-5-6-8-14(12)17(16)23;/h6,8-11,19H,5,7H2,1-4H3;1H/q+1;. The lowest BCUT2D eigenvalue weighted by atomic mass is 9.91. The zero-order valence-corrected chi connectivity index (χ0v) is 16.1. The molecule has 2 aliphatic heterocycles. The van der Waals surface area contributed by atoms with Gasteiger partial charge in [0.25, 0.3) is 0 Å². The van der Waals surface area contributed by atoms with Crippen LogP contribution in [0.15, 0.2) is 41.5 Å². The van der Waals surface area contributed by atoms with Crippen molar-refractivity contribution in [3.05, 3.63) is 51.9 Å². The van der Waals surface area contributed by atoms with Crippen LogP contribution < -0.4 is 20.9 Å². The monoisotopic (exact) mass is 376 g/mol. The second kappa shape index (κ2) is 6.85. The highest BCUT2D eigenvalue weighted by Crippen LogP contribution is 2.43. The van der Waals surface area contributed by atoms with Crippen molar-refractivity contribution in [1.29, 1.82) is 0 Å². The molecule has 0 aromatic carbocycles. The summed E-state index contributed by atoms with van der Waals surface area (Å²) in [5, 5.41) is 12.4. The van der Waals surface area contributed by atoms with Crippen molar-refractivity contribution in [2.24, 2.45) is 0 Å². The Labute approximate surface area is 158 Å². The van der Waals surface area contributed by atoms with Gasteiger partial charge >= 0.3 is 5.88 Å². The molecule has 0 saturated heterocycles. The SMILES string of the molecule is CNN(C)c1nncc2c1=C1C3=C(C=C(OC)[N+]1(OC)C=2)CCC=C3.Cl. The Hall–Kier alpha value is -2.19. The third kappa shape index (κ3) is 2.39. The van der Waals surface area contributed by atoms with Gasteiger partial charge in [0, 0.05) is 25.7 Å². The van der Waals surface area contributed by atoms with Gasteiger partial charge in [-0.2, -0.15) is 9.94 Å². The number of hydrogen-bond acceptors (Lipinski definition) is 6. The third-order valence-electron chi connectivity index (χ3n) is 4.99. The highest BCUT2D eigenvalue weighted by Gasteiger charge is 2.49. The van der Waals surface area contributed by atoms with Crippen LogP contribution in [0.4, 0.5) is 5.82 Å². The van der Waals surface area contributed by atoms with Gasteiger partial charge in [0.2, 0.25) is 0 Å². The maximum atomic E-state index is 6.00. The van der Waals surface area contributed by atoms with E-state index in [0.717, 1.165) is 40.7 Å². The first-order valence-electron chi connectivity index (χ1n) is 8.27. The predicted molar refractivity (Wildman–Crippen MR) is 102 cm³/mol. The van der Waals surface area contributed by atoms with E-state index in [2.05, 4.69) is 33.9 Å². The fraction of sp³-hybridized carbons (Fsp3) is 0.333. The summed E-state index contributed by atoms with van der Waals surface area (Å²) in [4.78, 5) is 6.00. The minimum Gasteiger partial charge on any atom is -0.452 e. The number of rotatable bonds is 4. The molecule has 1 atom stereocenters. The summed E-state index contributed by atoms with van der Waals surface area (Å²) in [6.07, 6.45) is 12.3. The summed E-state index contributed by atoms with van der Waals surface area (Å²) >= 11 is 0. The molecular weight excluding hydrogens is 354 g/mol. The van der Waals surface area contributed by atoms with E-state index in [1.54, 1.807) is 20.4 Å². The number of quaternary nitrogens is 1. The van der Waals surface area contributed by atoms with Crippen LogP contribution in [0, 0.1) is 0 Å². The number of anilines is 1. The Morgan fingerprint density at radius 2 is 2.12 bits per heavy atom. The molecule has 1 aromatic rings. The van der Waals surface area contributed by atoms with Crippen molar-refractivity contribution >= 4 is 30.1 Å². The minimum absolute atomic E-state index is 0. The first-order chi connectivity index (χ1) is 12.2. The van der Waals surface area contributed by atoms with Crippen LogP contribution in [0.1, 0.15) is 12.8 Å². The van der Waals surface area contributed by atoms with E-state index < -0.39 is 0 Å². The quantitative estimate of drug-likeness (QED) is 0.621. The topological polar surface area (TPSA) is 59.5 Å². The highest BCUT2D eigenvalue weighted by atomic mass is 35.5. The summed E-state index contributed by atoms with van der Waals surface area (Å²) in [6, 6.07) is 0. The van der Waals surface area contributed by atoms with E-state index in [1.165, 1.54) is 11.1 Å². The number of hydroxylamine groups is 3. The molecule has 4 rings (SSSR count). The molecule has 0 bridgehead atoms. The van der Waals surface area contributed by atoms with E-state index >= 15 is 0 Å². The molecule has 7 nitrogen and oxygen atoms in total. The van der Waals surface area contributed by atoms with Crippen molar-refractivity contribution < 1.29 is 14.2 Å². The normalized spacial score (nSPS) is 22.6. The fourth-order valence-electron chi connectivity index (χ4n) is 3.72. The van der Waals surface area contributed by atoms with Crippen LogP contribution in [-0.4, -0.2) is 43.2 Å². The van der Waals surface area contributed by atoms with Gasteiger partial charge in [-0.1, -0.05) is 16.8 Å². The van der Waals surface area contributed by atoms with Crippen molar-refractivity contribution in [1.82, 2.24) is 15.6 Å². The molecule has 3 aliphatic rings. The molecule has 1 aromatic heterocycles. The van der Waals surface area contributed by atoms with Gasteiger partial charge in [-0.3, -0.25) is 5.01 Å². The smallest absolute Gasteiger partial charge is 0.335 e. The number of halogens is 1. The van der Waals surface area contributed by atoms with Crippen molar-refractivity contribution in [3.8, 4) is 0 Å². The lowest BCUT2D eigenvalue weighted by Crippen LogP contribution is -2.44. The van der Waals surface area contributed by atoms with Crippen molar-refractivity contribution in [2.45, 2.75) is 12.8 Å². The van der Waals surface area contributed by atoms with Crippen LogP contribution >= 0.6 is 12.4 Å². The van der Waals surface area contributed by atoms with Crippen LogP contribution in [-0.2, 0) is 9.57 Å². The molecular formula is C18H23ClN5O2+. The molecule has 1 aliphatic carbocycles. The van der Waals surface area contributed by atoms with Gasteiger partial charge in [0.05, 0.1) is 25.6 Å². The second-order valence-corrected chi connectivity index (χ2v) is 6.17. The number of allylic oxidation sites excluding steroid dienone is 3. The Bertz CT molecular complexity index is 953. The molecule has 138 valence electrons. The number of methoxy groups -OCH3 is 1. The van der Waals surface area contributed by atoms with Crippen LogP contribution in [0.3, 0.4) is 0 Å². The van der Waals surface area contributed by atoms with Gasteiger partial charge in [-0.15, -0.1) is 17.5 Å². The van der Waals surface area contributed by atoms with Gasteiger partial charge in [0.15, 0.2) is 17.7 Å². The molecule has 26 heavy (non-hydrogen) atoms. The van der Waals surface area contributed by atoms with E-state index in [0.29, 0.717) is 0 Å². The number of nitrogens with zero attached hydrogens (tertiary/aromatic N) is 4. The fourth-order valence-corrected chi connectivity index (χ4v) is 3.72. The van der Waals surface area contributed by atoms with Gasteiger partial charge in [-0.25, -0.2) is 5.43 Å². The Kier molecular flexibility index (Phi) is 4.90. The van der Waals surface area contributed by atoms with Gasteiger partial charge in [-0.05, 0) is 18.4 Å². The summed E-state index contributed by atoms with van der Waals surface area (Å²) in [5.74, 6) is 1.49. The minimum atomic E-state index is 0. The number of aromatic nitrogens is 2. The summed E-state index contributed by atoms with van der Waals surface area (Å²) in [7, 11) is 7.15. The first kappa shape index (κ1) is 18.6. The van der Waals surface area contributed by atoms with Crippen molar-refractivity contribution in [3.63, 3.8) is 0 Å². The molecule has 0 radical (unpaired) electrons. The second-order valence-electron chi connectivity index (χ2n) is 6.17. The number of hydrogen-bond donors (Lipinski definition) is 1. The largest absolute Gasteiger partial charge is 0.452 e.